The summed E-state index contributed by atoms with van der Waals surface area (Å²) in [6.07, 6.45) is 3.39. The minimum atomic E-state index is -1.18. The Morgan fingerprint density at radius 1 is 1.00 bits per heavy atom. The number of carboxylic acids is 1. The van der Waals surface area contributed by atoms with E-state index in [4.69, 9.17) is 5.11 Å². The first-order chi connectivity index (χ1) is 12.5. The van der Waals surface area contributed by atoms with Gasteiger partial charge in [-0.25, -0.2) is 0 Å². The van der Waals surface area contributed by atoms with Crippen molar-refractivity contribution in [1.29, 1.82) is 0 Å². The Hall–Kier alpha value is -2.63. The molecule has 0 saturated carbocycles. The molecule has 2 aromatic carbocycles. The summed E-state index contributed by atoms with van der Waals surface area (Å²) in [5, 5.41) is 18.5. The van der Waals surface area contributed by atoms with Crippen LogP contribution >= 0.6 is 11.8 Å². The molecule has 2 N–H and O–H groups in total. The Morgan fingerprint density at radius 2 is 1.58 bits per heavy atom. The number of aliphatic hydroxyl groups is 1. The van der Waals surface area contributed by atoms with Gasteiger partial charge in [0.25, 0.3) is 0 Å². The Kier molecular flexibility index (Phi) is 5.71. The third kappa shape index (κ3) is 4.31. The summed E-state index contributed by atoms with van der Waals surface area (Å²) >= 11 is 1.73. The fraction of sp³-hybridized carbons (Fsp3) is 0.143. The fourth-order valence-corrected chi connectivity index (χ4v) is 3.93. The Morgan fingerprint density at radius 3 is 2.15 bits per heavy atom. The molecular weight excluding hydrogens is 348 g/mol. The van der Waals surface area contributed by atoms with Crippen molar-refractivity contribution in [3.05, 3.63) is 77.9 Å². The number of carbonyl (C=O) groups excluding carboxylic acids is 1. The number of ketones is 1. The molecule has 1 aliphatic heterocycles. The van der Waals surface area contributed by atoms with E-state index < -0.39 is 24.3 Å². The van der Waals surface area contributed by atoms with E-state index in [9.17, 15) is 14.7 Å². The lowest BCUT2D eigenvalue weighted by molar-refractivity contribution is -0.140. The van der Waals surface area contributed by atoms with E-state index in [0.717, 1.165) is 16.7 Å². The van der Waals surface area contributed by atoms with Crippen molar-refractivity contribution in [2.45, 2.75) is 28.7 Å². The van der Waals surface area contributed by atoms with Gasteiger partial charge in [-0.1, -0.05) is 66.4 Å². The number of carboxylic acid groups (broad SMARTS) is 1. The number of hydrogen-bond donors (Lipinski definition) is 2. The predicted octanol–water partition coefficient (Wildman–Crippen LogP) is 3.93. The average molecular weight is 366 g/mol. The van der Waals surface area contributed by atoms with Crippen molar-refractivity contribution >= 4 is 29.1 Å². The van der Waals surface area contributed by atoms with E-state index in [0.29, 0.717) is 0 Å². The van der Waals surface area contributed by atoms with Gasteiger partial charge in [0.15, 0.2) is 0 Å². The highest BCUT2D eigenvalue weighted by Gasteiger charge is 2.19. The van der Waals surface area contributed by atoms with Crippen molar-refractivity contribution in [3.63, 3.8) is 0 Å². The van der Waals surface area contributed by atoms with Crippen LogP contribution in [0.5, 0.6) is 0 Å². The molecular formula is C21H18O4S. The van der Waals surface area contributed by atoms with Crippen LogP contribution in [0, 0.1) is 0 Å². The zero-order chi connectivity index (χ0) is 18.5. The Balaban J connectivity index is 1.82. The number of Topliss-reactive ketones (excluding diaryl/α,β-unsaturated/α-hetero) is 1. The molecule has 1 aliphatic rings. The predicted molar refractivity (Wildman–Crippen MR) is 101 cm³/mol. The molecule has 1 heterocycles. The van der Waals surface area contributed by atoms with Gasteiger partial charge in [0.05, 0.1) is 6.10 Å². The lowest BCUT2D eigenvalue weighted by Crippen LogP contribution is -2.14. The van der Waals surface area contributed by atoms with E-state index in [1.807, 2.05) is 30.3 Å². The fourth-order valence-electron chi connectivity index (χ4n) is 2.82. The van der Waals surface area contributed by atoms with Crippen molar-refractivity contribution in [2.24, 2.45) is 0 Å². The number of fused-ring (bicyclic) bond motifs is 2. The van der Waals surface area contributed by atoms with Crippen LogP contribution in [0.4, 0.5) is 0 Å². The van der Waals surface area contributed by atoms with Gasteiger partial charge in [0.2, 0.25) is 0 Å². The number of aliphatic hydroxyl groups excluding tert-OH is 1. The van der Waals surface area contributed by atoms with Crippen LogP contribution in [0.2, 0.25) is 0 Å². The molecule has 0 aromatic heterocycles. The normalized spacial score (nSPS) is 13.8. The van der Waals surface area contributed by atoms with E-state index in [-0.39, 0.29) is 6.42 Å². The molecule has 0 fully saturated rings. The molecule has 0 amide bonds. The van der Waals surface area contributed by atoms with Gasteiger partial charge in [-0.2, -0.15) is 0 Å². The maximum Gasteiger partial charge on any atom is 0.310 e. The third-order valence-corrected chi connectivity index (χ3v) is 5.11. The topological polar surface area (TPSA) is 74.6 Å². The minimum Gasteiger partial charge on any atom is -0.481 e. The number of benzene rings is 2. The average Bonchev–Trinajstić information content (AvgIpc) is 2.60. The molecule has 0 bridgehead atoms. The molecule has 2 aromatic rings. The van der Waals surface area contributed by atoms with E-state index in [1.54, 1.807) is 17.8 Å². The van der Waals surface area contributed by atoms with Crippen molar-refractivity contribution in [1.82, 2.24) is 0 Å². The molecule has 0 radical (unpaired) electrons. The molecule has 1 atom stereocenters. The van der Waals surface area contributed by atoms with Crippen LogP contribution < -0.4 is 0 Å². The lowest BCUT2D eigenvalue weighted by atomic mass is 9.96. The molecule has 0 saturated heterocycles. The standard InChI is InChI=1S/C21H18O4S/c22-14(12-15(23)13-21(24)25)6-5-9-16-17-7-1-3-10-19(17)26-20-11-4-2-8-18(16)20/h1-11,14,22H,12-13H2,(H,24,25). The summed E-state index contributed by atoms with van der Waals surface area (Å²) in [5.74, 6) is -1.67. The zero-order valence-electron chi connectivity index (χ0n) is 14.0. The molecule has 132 valence electrons. The number of hydrogen-bond acceptors (Lipinski definition) is 4. The van der Waals surface area contributed by atoms with Gasteiger partial charge < -0.3 is 10.2 Å². The molecule has 0 spiro atoms. The summed E-state index contributed by atoms with van der Waals surface area (Å²) in [7, 11) is 0. The summed E-state index contributed by atoms with van der Waals surface area (Å²) < 4.78 is 0. The molecule has 3 rings (SSSR count). The maximum atomic E-state index is 11.5. The SMILES string of the molecule is O=C(O)CC(=O)CC(O)C=CC=C1c2ccccc2Sc2ccccc21. The quantitative estimate of drug-likeness (QED) is 0.647. The second-order valence-electron chi connectivity index (χ2n) is 5.94. The van der Waals surface area contributed by atoms with Gasteiger partial charge >= 0.3 is 5.97 Å². The largest absolute Gasteiger partial charge is 0.481 e. The number of allylic oxidation sites excluding steroid dienone is 2. The first kappa shape index (κ1) is 18.2. The van der Waals surface area contributed by atoms with Gasteiger partial charge in [-0.05, 0) is 28.8 Å². The lowest BCUT2D eigenvalue weighted by Gasteiger charge is -2.21. The highest BCUT2D eigenvalue weighted by atomic mass is 32.2. The molecule has 0 aliphatic carbocycles. The minimum absolute atomic E-state index is 0.199. The summed E-state index contributed by atoms with van der Waals surface area (Å²) in [6, 6.07) is 16.3. The summed E-state index contributed by atoms with van der Waals surface area (Å²) in [5.41, 5.74) is 3.30. The van der Waals surface area contributed by atoms with Gasteiger partial charge in [-0.3, -0.25) is 9.59 Å². The smallest absolute Gasteiger partial charge is 0.310 e. The highest BCUT2D eigenvalue weighted by Crippen LogP contribution is 2.45. The molecule has 5 heteroatoms. The zero-order valence-corrected chi connectivity index (χ0v) is 14.8. The van der Waals surface area contributed by atoms with Crippen LogP contribution in [0.25, 0.3) is 5.57 Å². The van der Waals surface area contributed by atoms with Crippen molar-refractivity contribution in [2.75, 3.05) is 0 Å². The molecule has 4 nitrogen and oxygen atoms in total. The first-order valence-corrected chi connectivity index (χ1v) is 9.03. The van der Waals surface area contributed by atoms with Crippen LogP contribution in [0.1, 0.15) is 24.0 Å². The van der Waals surface area contributed by atoms with Crippen LogP contribution in [-0.4, -0.2) is 28.1 Å². The van der Waals surface area contributed by atoms with Crippen LogP contribution in [-0.2, 0) is 9.59 Å². The molecule has 26 heavy (non-hydrogen) atoms. The van der Waals surface area contributed by atoms with E-state index in [2.05, 4.69) is 24.3 Å². The van der Waals surface area contributed by atoms with Crippen molar-refractivity contribution < 1.29 is 19.8 Å². The second kappa shape index (κ2) is 8.17. The molecule has 1 unspecified atom stereocenters. The Labute approximate surface area is 155 Å². The number of aliphatic carboxylic acids is 1. The van der Waals surface area contributed by atoms with Gasteiger partial charge in [0.1, 0.15) is 12.2 Å². The summed E-state index contributed by atoms with van der Waals surface area (Å²) in [6.45, 7) is 0. The highest BCUT2D eigenvalue weighted by molar-refractivity contribution is 7.99. The van der Waals surface area contributed by atoms with Gasteiger partial charge in [-0.15, -0.1) is 0 Å². The summed E-state index contributed by atoms with van der Waals surface area (Å²) in [4.78, 5) is 24.3. The van der Waals surface area contributed by atoms with Gasteiger partial charge in [0, 0.05) is 16.2 Å². The first-order valence-electron chi connectivity index (χ1n) is 8.21. The van der Waals surface area contributed by atoms with E-state index >= 15 is 0 Å². The number of rotatable bonds is 6. The maximum absolute atomic E-state index is 11.5. The van der Waals surface area contributed by atoms with Crippen LogP contribution in [0.15, 0.2) is 76.5 Å². The van der Waals surface area contributed by atoms with Crippen molar-refractivity contribution in [3.8, 4) is 0 Å². The Bertz CT molecular complexity index is 851. The third-order valence-electron chi connectivity index (χ3n) is 3.96. The number of carbonyl (C=O) groups is 2. The monoisotopic (exact) mass is 366 g/mol. The second-order valence-corrected chi connectivity index (χ2v) is 7.02. The van der Waals surface area contributed by atoms with E-state index in [1.165, 1.54) is 15.9 Å². The van der Waals surface area contributed by atoms with Crippen LogP contribution in [0.3, 0.4) is 0 Å².